The maximum absolute atomic E-state index is 11.4. The van der Waals surface area contributed by atoms with Crippen molar-refractivity contribution in [1.82, 2.24) is 9.78 Å². The van der Waals surface area contributed by atoms with Crippen LogP contribution in [0.25, 0.3) is 0 Å². The van der Waals surface area contributed by atoms with Gasteiger partial charge in [-0.3, -0.25) is 9.48 Å². The number of amides is 1. The molecule has 1 amide bonds. The maximum atomic E-state index is 11.4. The minimum absolute atomic E-state index is 0.197. The summed E-state index contributed by atoms with van der Waals surface area (Å²) in [6.45, 7) is 2.33. The molecule has 1 fully saturated rings. The van der Waals surface area contributed by atoms with E-state index in [4.69, 9.17) is 11.5 Å². The Kier molecular flexibility index (Phi) is 3.06. The first-order valence-electron chi connectivity index (χ1n) is 5.84. The van der Waals surface area contributed by atoms with Crippen LogP contribution in [0.15, 0.2) is 0 Å². The standard InChI is InChI=1S/C11H19N5O/c1-6-9(10(13)17)11(16(2)15-6)14-8(5-12)7-3-4-7/h7-8,14H,3-5,12H2,1-2H3,(H2,13,17). The molecule has 1 heterocycles. The molecule has 1 saturated carbocycles. The van der Waals surface area contributed by atoms with E-state index in [1.807, 2.05) is 0 Å². The fraction of sp³-hybridized carbons (Fsp3) is 0.636. The van der Waals surface area contributed by atoms with Gasteiger partial charge in [0.2, 0.25) is 0 Å². The second-order valence-electron chi connectivity index (χ2n) is 4.62. The third-order valence-electron chi connectivity index (χ3n) is 3.24. The van der Waals surface area contributed by atoms with Gasteiger partial charge in [-0.2, -0.15) is 5.10 Å². The largest absolute Gasteiger partial charge is 0.365 e. The van der Waals surface area contributed by atoms with Crippen molar-refractivity contribution in [2.75, 3.05) is 11.9 Å². The van der Waals surface area contributed by atoms with Crippen molar-refractivity contribution < 1.29 is 4.79 Å². The zero-order valence-electron chi connectivity index (χ0n) is 10.2. The molecule has 1 aliphatic carbocycles. The quantitative estimate of drug-likeness (QED) is 0.670. The van der Waals surface area contributed by atoms with Crippen molar-refractivity contribution >= 4 is 11.7 Å². The van der Waals surface area contributed by atoms with Crippen LogP contribution in [0.5, 0.6) is 0 Å². The first kappa shape index (κ1) is 11.9. The van der Waals surface area contributed by atoms with Gasteiger partial charge >= 0.3 is 0 Å². The summed E-state index contributed by atoms with van der Waals surface area (Å²) in [4.78, 5) is 11.4. The highest BCUT2D eigenvalue weighted by Crippen LogP contribution is 2.34. The predicted octanol–water partition coefficient (Wildman–Crippen LogP) is -0.0234. The van der Waals surface area contributed by atoms with Gasteiger partial charge in [-0.25, -0.2) is 0 Å². The summed E-state index contributed by atoms with van der Waals surface area (Å²) in [6, 6.07) is 0.197. The molecule has 17 heavy (non-hydrogen) atoms. The van der Waals surface area contributed by atoms with Crippen molar-refractivity contribution in [1.29, 1.82) is 0 Å². The number of primary amides is 1. The summed E-state index contributed by atoms with van der Waals surface area (Å²) < 4.78 is 1.65. The van der Waals surface area contributed by atoms with E-state index < -0.39 is 5.91 Å². The van der Waals surface area contributed by atoms with E-state index >= 15 is 0 Å². The molecule has 0 aliphatic heterocycles. The lowest BCUT2D eigenvalue weighted by atomic mass is 10.1. The third-order valence-corrected chi connectivity index (χ3v) is 3.24. The van der Waals surface area contributed by atoms with Crippen LogP contribution >= 0.6 is 0 Å². The van der Waals surface area contributed by atoms with E-state index in [-0.39, 0.29) is 6.04 Å². The summed E-state index contributed by atoms with van der Waals surface area (Å²) in [5, 5.41) is 7.52. The van der Waals surface area contributed by atoms with Gasteiger partial charge in [-0.1, -0.05) is 0 Å². The van der Waals surface area contributed by atoms with Gasteiger partial charge in [0, 0.05) is 19.6 Å². The molecular formula is C11H19N5O. The molecule has 2 rings (SSSR count). The molecule has 1 aliphatic rings. The molecule has 6 heteroatoms. The molecule has 6 nitrogen and oxygen atoms in total. The Morgan fingerprint density at radius 1 is 1.65 bits per heavy atom. The van der Waals surface area contributed by atoms with Crippen LogP contribution in [0.1, 0.15) is 28.9 Å². The highest BCUT2D eigenvalue weighted by Gasteiger charge is 2.32. The smallest absolute Gasteiger partial charge is 0.254 e. The van der Waals surface area contributed by atoms with Gasteiger partial charge in [-0.05, 0) is 25.7 Å². The molecule has 1 aromatic heterocycles. The molecule has 0 radical (unpaired) electrons. The molecule has 0 saturated heterocycles. The Bertz CT molecular complexity index is 435. The normalized spacial score (nSPS) is 16.9. The van der Waals surface area contributed by atoms with Crippen LogP contribution in [-0.4, -0.2) is 28.3 Å². The summed E-state index contributed by atoms with van der Waals surface area (Å²) in [5.41, 5.74) is 12.2. The Morgan fingerprint density at radius 3 is 2.76 bits per heavy atom. The van der Waals surface area contributed by atoms with E-state index in [9.17, 15) is 4.79 Å². The molecule has 0 bridgehead atoms. The fourth-order valence-electron chi connectivity index (χ4n) is 2.16. The number of anilines is 1. The number of rotatable bonds is 5. The van der Waals surface area contributed by atoms with Crippen molar-refractivity contribution in [3.05, 3.63) is 11.3 Å². The number of nitrogens with one attached hydrogen (secondary N) is 1. The molecule has 1 unspecified atom stereocenters. The first-order chi connectivity index (χ1) is 8.04. The average molecular weight is 237 g/mol. The van der Waals surface area contributed by atoms with Crippen LogP contribution in [0, 0.1) is 12.8 Å². The molecule has 94 valence electrons. The Hall–Kier alpha value is -1.56. The number of hydrogen-bond donors (Lipinski definition) is 3. The topological polar surface area (TPSA) is 99.0 Å². The maximum Gasteiger partial charge on any atom is 0.254 e. The number of carbonyl (C=O) groups excluding carboxylic acids is 1. The second kappa shape index (κ2) is 4.37. The zero-order chi connectivity index (χ0) is 12.6. The van der Waals surface area contributed by atoms with Crippen molar-refractivity contribution in [2.24, 2.45) is 24.4 Å². The minimum atomic E-state index is -0.454. The fourth-order valence-corrected chi connectivity index (χ4v) is 2.16. The van der Waals surface area contributed by atoms with Gasteiger partial charge < -0.3 is 16.8 Å². The number of aryl methyl sites for hydroxylation is 2. The van der Waals surface area contributed by atoms with Crippen LogP contribution in [0.2, 0.25) is 0 Å². The molecular weight excluding hydrogens is 218 g/mol. The highest BCUT2D eigenvalue weighted by atomic mass is 16.1. The third kappa shape index (κ3) is 2.26. The lowest BCUT2D eigenvalue weighted by Crippen LogP contribution is -2.32. The zero-order valence-corrected chi connectivity index (χ0v) is 10.2. The molecule has 1 aromatic rings. The van der Waals surface area contributed by atoms with E-state index in [1.54, 1.807) is 18.7 Å². The van der Waals surface area contributed by atoms with Crippen molar-refractivity contribution in [2.45, 2.75) is 25.8 Å². The lowest BCUT2D eigenvalue weighted by Gasteiger charge is -2.18. The van der Waals surface area contributed by atoms with Crippen LogP contribution in [0.3, 0.4) is 0 Å². The number of nitrogens with zero attached hydrogens (tertiary/aromatic N) is 2. The monoisotopic (exact) mass is 237 g/mol. The van der Waals surface area contributed by atoms with Gasteiger partial charge in [0.15, 0.2) is 0 Å². The van der Waals surface area contributed by atoms with Gasteiger partial charge in [0.05, 0.1) is 5.69 Å². The number of nitrogens with two attached hydrogens (primary N) is 2. The Balaban J connectivity index is 2.27. The van der Waals surface area contributed by atoms with Crippen LogP contribution < -0.4 is 16.8 Å². The first-order valence-corrected chi connectivity index (χ1v) is 5.84. The van der Waals surface area contributed by atoms with Gasteiger partial charge in [0.1, 0.15) is 11.4 Å². The minimum Gasteiger partial charge on any atom is -0.365 e. The highest BCUT2D eigenvalue weighted by molar-refractivity contribution is 5.98. The molecule has 0 aromatic carbocycles. The lowest BCUT2D eigenvalue weighted by molar-refractivity contribution is 0.100. The second-order valence-corrected chi connectivity index (χ2v) is 4.62. The van der Waals surface area contributed by atoms with Gasteiger partial charge in [-0.15, -0.1) is 0 Å². The van der Waals surface area contributed by atoms with Crippen molar-refractivity contribution in [3.8, 4) is 0 Å². The molecule has 1 atom stereocenters. The summed E-state index contributed by atoms with van der Waals surface area (Å²) in [6.07, 6.45) is 2.38. The molecule has 0 spiro atoms. The summed E-state index contributed by atoms with van der Waals surface area (Å²) >= 11 is 0. The number of hydrogen-bond acceptors (Lipinski definition) is 4. The number of carbonyl (C=O) groups is 1. The van der Waals surface area contributed by atoms with Crippen LogP contribution in [0.4, 0.5) is 5.82 Å². The van der Waals surface area contributed by atoms with E-state index in [0.29, 0.717) is 29.5 Å². The van der Waals surface area contributed by atoms with E-state index in [0.717, 1.165) is 0 Å². The van der Waals surface area contributed by atoms with Crippen molar-refractivity contribution in [3.63, 3.8) is 0 Å². The SMILES string of the molecule is Cc1nn(C)c(NC(CN)C2CC2)c1C(N)=O. The number of aromatic nitrogens is 2. The molecule has 5 N–H and O–H groups in total. The van der Waals surface area contributed by atoms with E-state index in [2.05, 4.69) is 10.4 Å². The van der Waals surface area contributed by atoms with E-state index in [1.165, 1.54) is 12.8 Å². The predicted molar refractivity (Wildman–Crippen MR) is 65.7 cm³/mol. The van der Waals surface area contributed by atoms with Crippen LogP contribution in [-0.2, 0) is 7.05 Å². The Morgan fingerprint density at radius 2 is 2.29 bits per heavy atom. The Labute approximate surface area is 100 Å². The summed E-state index contributed by atoms with van der Waals surface area (Å²) in [5.74, 6) is 0.831. The average Bonchev–Trinajstić information content (AvgIpc) is 3.02. The summed E-state index contributed by atoms with van der Waals surface area (Å²) in [7, 11) is 1.79. The van der Waals surface area contributed by atoms with Gasteiger partial charge in [0.25, 0.3) is 5.91 Å².